The zero-order valence-corrected chi connectivity index (χ0v) is 15.0. The largest absolute Gasteiger partial charge is 0.282 e. The van der Waals surface area contributed by atoms with E-state index < -0.39 is 11.6 Å². The fraction of sp³-hybridized carbons (Fsp3) is 0.0952. The van der Waals surface area contributed by atoms with Gasteiger partial charge in [-0.1, -0.05) is 35.9 Å². The normalized spacial score (nSPS) is 16.5. The molecule has 27 heavy (non-hydrogen) atoms. The van der Waals surface area contributed by atoms with Gasteiger partial charge >= 0.3 is 0 Å². The van der Waals surface area contributed by atoms with Gasteiger partial charge in [0.15, 0.2) is 0 Å². The highest BCUT2D eigenvalue weighted by atomic mass is 35.5. The van der Waals surface area contributed by atoms with Crippen molar-refractivity contribution in [1.29, 1.82) is 0 Å². The minimum atomic E-state index is -0.597. The number of hydrazine groups is 1. The number of hydrogen-bond acceptors (Lipinski definition) is 3. The zero-order valence-electron chi connectivity index (χ0n) is 14.2. The Hall–Kier alpha value is -2.76. The van der Waals surface area contributed by atoms with E-state index in [1.54, 1.807) is 29.7 Å². The van der Waals surface area contributed by atoms with Crippen molar-refractivity contribution in [3.8, 4) is 0 Å². The van der Waals surface area contributed by atoms with Crippen LogP contribution in [-0.4, -0.2) is 11.0 Å². The van der Waals surface area contributed by atoms with Crippen molar-refractivity contribution in [2.45, 2.75) is 12.5 Å². The first kappa shape index (κ1) is 17.6. The number of pyridine rings is 1. The molecule has 0 radical (unpaired) electrons. The Labute approximate surface area is 160 Å². The van der Waals surface area contributed by atoms with E-state index in [0.717, 1.165) is 5.56 Å². The molecule has 1 aliphatic rings. The molecule has 0 saturated heterocycles. The maximum Gasteiger partial charge on any atom is 0.133 e. The summed E-state index contributed by atoms with van der Waals surface area (Å²) in [5.41, 5.74) is 5.45. The number of hydrogen-bond donors (Lipinski definition) is 1. The summed E-state index contributed by atoms with van der Waals surface area (Å²) in [6.45, 7) is 0. The molecule has 4 rings (SSSR count). The summed E-state index contributed by atoms with van der Waals surface area (Å²) < 4.78 is 28.9. The van der Waals surface area contributed by atoms with Crippen LogP contribution in [0.1, 0.15) is 11.1 Å². The quantitative estimate of drug-likeness (QED) is 0.688. The summed E-state index contributed by atoms with van der Waals surface area (Å²) >= 11 is 6.30. The molecule has 1 atom stereocenters. The summed E-state index contributed by atoms with van der Waals surface area (Å²) in [4.78, 5) is 4.12. The van der Waals surface area contributed by atoms with E-state index in [0.29, 0.717) is 22.7 Å². The van der Waals surface area contributed by atoms with Crippen molar-refractivity contribution < 1.29 is 8.78 Å². The van der Waals surface area contributed by atoms with Gasteiger partial charge in [0, 0.05) is 24.2 Å². The Bertz CT molecular complexity index is 971. The maximum absolute atomic E-state index is 14.5. The van der Waals surface area contributed by atoms with Gasteiger partial charge in [-0.25, -0.2) is 14.2 Å². The Morgan fingerprint density at radius 1 is 1.00 bits per heavy atom. The molecule has 2 heterocycles. The van der Waals surface area contributed by atoms with Crippen molar-refractivity contribution in [2.75, 3.05) is 5.01 Å². The van der Waals surface area contributed by atoms with Gasteiger partial charge in [-0.3, -0.25) is 9.99 Å². The van der Waals surface area contributed by atoms with Crippen molar-refractivity contribution in [1.82, 2.24) is 10.4 Å². The van der Waals surface area contributed by atoms with E-state index in [4.69, 9.17) is 11.6 Å². The number of rotatable bonds is 4. The Morgan fingerprint density at radius 3 is 2.48 bits per heavy atom. The Morgan fingerprint density at radius 2 is 1.78 bits per heavy atom. The van der Waals surface area contributed by atoms with E-state index in [9.17, 15) is 8.78 Å². The highest BCUT2D eigenvalue weighted by molar-refractivity contribution is 6.33. The molecular weight excluding hydrogens is 368 g/mol. The fourth-order valence-corrected chi connectivity index (χ4v) is 3.44. The first-order valence-corrected chi connectivity index (χ1v) is 8.86. The number of nitrogens with one attached hydrogen (secondary N) is 1. The monoisotopic (exact) mass is 383 g/mol. The Kier molecular flexibility index (Phi) is 4.88. The van der Waals surface area contributed by atoms with Crippen molar-refractivity contribution in [2.24, 2.45) is 0 Å². The predicted molar refractivity (Wildman–Crippen MR) is 103 cm³/mol. The zero-order chi connectivity index (χ0) is 18.8. The molecular formula is C21H16ClF2N3. The van der Waals surface area contributed by atoms with Crippen molar-refractivity contribution >= 4 is 22.9 Å². The minimum Gasteiger partial charge on any atom is -0.282 e. The molecule has 0 aliphatic carbocycles. The fourth-order valence-electron chi connectivity index (χ4n) is 3.21. The van der Waals surface area contributed by atoms with E-state index in [1.807, 2.05) is 30.3 Å². The third-order valence-corrected chi connectivity index (χ3v) is 4.78. The second-order valence-corrected chi connectivity index (χ2v) is 6.66. The molecule has 1 aliphatic heterocycles. The molecule has 3 aromatic rings. The lowest BCUT2D eigenvalue weighted by Gasteiger charge is -2.21. The first-order chi connectivity index (χ1) is 13.1. The molecule has 1 unspecified atom stereocenters. The molecule has 0 amide bonds. The summed E-state index contributed by atoms with van der Waals surface area (Å²) in [5.74, 6) is -1.19. The van der Waals surface area contributed by atoms with Gasteiger partial charge in [0.2, 0.25) is 0 Å². The van der Waals surface area contributed by atoms with Gasteiger partial charge in [-0.2, -0.15) is 0 Å². The van der Waals surface area contributed by atoms with Crippen LogP contribution in [0.3, 0.4) is 0 Å². The number of anilines is 1. The van der Waals surface area contributed by atoms with Crippen LogP contribution < -0.4 is 10.4 Å². The molecule has 1 N–H and O–H groups in total. The standard InChI is InChI=1S/C21H16ClF2N3/c22-16-6-1-2-9-20(16)27-13-15(21-17(23)7-3-8-18(21)24)19(26-27)11-14-5-4-10-25-12-14/h1-10,12-13,19,26H,11H2. The van der Waals surface area contributed by atoms with Gasteiger partial charge in [0.05, 0.1) is 22.3 Å². The van der Waals surface area contributed by atoms with Gasteiger partial charge in [-0.05, 0) is 42.3 Å². The van der Waals surface area contributed by atoms with Gasteiger partial charge in [0.1, 0.15) is 11.6 Å². The van der Waals surface area contributed by atoms with E-state index in [1.165, 1.54) is 18.2 Å². The van der Waals surface area contributed by atoms with Crippen molar-refractivity contribution in [3.05, 3.63) is 101 Å². The van der Waals surface area contributed by atoms with Crippen LogP contribution in [-0.2, 0) is 6.42 Å². The average Bonchev–Trinajstić information content (AvgIpc) is 3.06. The van der Waals surface area contributed by atoms with E-state index >= 15 is 0 Å². The smallest absolute Gasteiger partial charge is 0.133 e. The van der Waals surface area contributed by atoms with Crippen LogP contribution in [0.5, 0.6) is 0 Å². The molecule has 0 fully saturated rings. The highest BCUT2D eigenvalue weighted by Gasteiger charge is 2.30. The lowest BCUT2D eigenvalue weighted by Crippen LogP contribution is -2.37. The summed E-state index contributed by atoms with van der Waals surface area (Å²) in [6.07, 6.45) is 5.65. The molecule has 6 heteroatoms. The second-order valence-electron chi connectivity index (χ2n) is 6.25. The summed E-state index contributed by atoms with van der Waals surface area (Å²) in [6, 6.07) is 14.6. The predicted octanol–water partition coefficient (Wildman–Crippen LogP) is 4.99. The topological polar surface area (TPSA) is 28.2 Å². The molecule has 136 valence electrons. The SMILES string of the molecule is Fc1cccc(F)c1C1=CN(c2ccccc2Cl)NC1Cc1cccnc1. The molecule has 2 aromatic carbocycles. The summed E-state index contributed by atoms with van der Waals surface area (Å²) in [5, 5.41) is 2.25. The highest BCUT2D eigenvalue weighted by Crippen LogP contribution is 2.34. The van der Waals surface area contributed by atoms with Crippen LogP contribution in [0.15, 0.2) is 73.2 Å². The minimum absolute atomic E-state index is 0.0338. The van der Waals surface area contributed by atoms with Gasteiger partial charge in [-0.15, -0.1) is 0 Å². The number of benzene rings is 2. The second kappa shape index (κ2) is 7.47. The molecule has 1 aromatic heterocycles. The van der Waals surface area contributed by atoms with Crippen LogP contribution in [0.2, 0.25) is 5.02 Å². The maximum atomic E-state index is 14.5. The van der Waals surface area contributed by atoms with Crippen LogP contribution >= 0.6 is 11.6 Å². The number of aromatic nitrogens is 1. The van der Waals surface area contributed by atoms with Crippen LogP contribution in [0, 0.1) is 11.6 Å². The molecule has 3 nitrogen and oxygen atoms in total. The number of halogens is 3. The van der Waals surface area contributed by atoms with Gasteiger partial charge < -0.3 is 0 Å². The van der Waals surface area contributed by atoms with Crippen LogP contribution in [0.4, 0.5) is 14.5 Å². The van der Waals surface area contributed by atoms with Crippen molar-refractivity contribution in [3.63, 3.8) is 0 Å². The first-order valence-electron chi connectivity index (χ1n) is 8.48. The summed E-state index contributed by atoms with van der Waals surface area (Å²) in [7, 11) is 0. The number of nitrogens with zero attached hydrogens (tertiary/aromatic N) is 2. The Balaban J connectivity index is 1.76. The average molecular weight is 384 g/mol. The third kappa shape index (κ3) is 3.56. The van der Waals surface area contributed by atoms with Gasteiger partial charge in [0.25, 0.3) is 0 Å². The molecule has 0 bridgehead atoms. The third-order valence-electron chi connectivity index (χ3n) is 4.46. The van der Waals surface area contributed by atoms with E-state index in [2.05, 4.69) is 10.4 Å². The molecule has 0 saturated carbocycles. The molecule has 0 spiro atoms. The van der Waals surface area contributed by atoms with E-state index in [-0.39, 0.29) is 11.6 Å². The lowest BCUT2D eigenvalue weighted by molar-refractivity contribution is 0.569. The van der Waals surface area contributed by atoms with Crippen LogP contribution in [0.25, 0.3) is 5.57 Å². The lowest BCUT2D eigenvalue weighted by atomic mass is 9.95. The number of para-hydroxylation sites is 1.